The third kappa shape index (κ3) is 4.22. The van der Waals surface area contributed by atoms with Crippen LogP contribution in [-0.2, 0) is 12.7 Å². The maximum atomic E-state index is 12.6. The van der Waals surface area contributed by atoms with Crippen molar-refractivity contribution in [2.45, 2.75) is 12.7 Å². The third-order valence-electron chi connectivity index (χ3n) is 4.19. The van der Waals surface area contributed by atoms with Crippen molar-refractivity contribution in [1.82, 2.24) is 25.0 Å². The number of amides is 1. The first-order valence-electron chi connectivity index (χ1n) is 8.78. The van der Waals surface area contributed by atoms with Gasteiger partial charge in [0, 0.05) is 23.0 Å². The van der Waals surface area contributed by atoms with Gasteiger partial charge in [-0.05, 0) is 36.4 Å². The second kappa shape index (κ2) is 7.82. The van der Waals surface area contributed by atoms with E-state index in [1.807, 2.05) is 6.07 Å². The van der Waals surface area contributed by atoms with Crippen molar-refractivity contribution in [3.8, 4) is 17.1 Å². The number of nitrogens with zero attached hydrogens (tertiary/aromatic N) is 4. The molecule has 0 aliphatic rings. The first kappa shape index (κ1) is 19.4. The number of imidazole rings is 1. The lowest BCUT2D eigenvalue weighted by molar-refractivity contribution is -0.159. The minimum Gasteiger partial charge on any atom is -0.346 e. The Balaban J connectivity index is 1.42. The Hall–Kier alpha value is -3.95. The molecular weight excluding hydrogens is 399 g/mol. The van der Waals surface area contributed by atoms with Gasteiger partial charge < -0.3 is 14.4 Å². The molecule has 0 spiro atoms. The smallest absolute Gasteiger partial charge is 0.346 e. The van der Waals surface area contributed by atoms with Crippen LogP contribution in [0, 0.1) is 0 Å². The molecule has 0 saturated carbocycles. The largest absolute Gasteiger partial charge is 0.471 e. The van der Waals surface area contributed by atoms with E-state index in [2.05, 4.69) is 25.0 Å². The van der Waals surface area contributed by atoms with Crippen LogP contribution in [0.5, 0.6) is 0 Å². The highest BCUT2D eigenvalue weighted by Gasteiger charge is 2.38. The van der Waals surface area contributed by atoms with Gasteiger partial charge in [0.15, 0.2) is 0 Å². The standard InChI is InChI=1S/C20H14F3N5O2/c21-20(22,23)19-26-17(27-30-19)13-6-8-16(9-7-13)28-11-15(25-12-28)10-24-18(29)14-4-2-1-3-5-14/h1-9,11-12H,10H2,(H,24,29). The summed E-state index contributed by atoms with van der Waals surface area (Å²) in [6, 6.07) is 15.4. The fraction of sp³-hybridized carbons (Fsp3) is 0.100. The Kier molecular flexibility index (Phi) is 5.05. The van der Waals surface area contributed by atoms with E-state index in [4.69, 9.17) is 0 Å². The summed E-state index contributed by atoms with van der Waals surface area (Å²) in [4.78, 5) is 19.7. The van der Waals surface area contributed by atoms with Crippen LogP contribution in [0.4, 0.5) is 13.2 Å². The van der Waals surface area contributed by atoms with Crippen molar-refractivity contribution in [3.05, 3.63) is 84.3 Å². The van der Waals surface area contributed by atoms with Crippen molar-refractivity contribution in [2.24, 2.45) is 0 Å². The molecule has 2 heterocycles. The molecule has 1 amide bonds. The lowest BCUT2D eigenvalue weighted by atomic mass is 10.2. The number of carbonyl (C=O) groups excluding carboxylic acids is 1. The van der Waals surface area contributed by atoms with Crippen molar-refractivity contribution in [2.75, 3.05) is 0 Å². The van der Waals surface area contributed by atoms with Crippen molar-refractivity contribution >= 4 is 5.91 Å². The van der Waals surface area contributed by atoms with Gasteiger partial charge in [0.1, 0.15) is 0 Å². The molecule has 0 aliphatic carbocycles. The Morgan fingerprint density at radius 3 is 2.47 bits per heavy atom. The van der Waals surface area contributed by atoms with Crippen LogP contribution in [0.25, 0.3) is 17.1 Å². The summed E-state index contributed by atoms with van der Waals surface area (Å²) < 4.78 is 43.7. The van der Waals surface area contributed by atoms with Crippen LogP contribution >= 0.6 is 0 Å². The van der Waals surface area contributed by atoms with Crippen molar-refractivity contribution in [3.63, 3.8) is 0 Å². The van der Waals surface area contributed by atoms with E-state index in [9.17, 15) is 18.0 Å². The lowest BCUT2D eigenvalue weighted by Crippen LogP contribution is -2.22. The van der Waals surface area contributed by atoms with Gasteiger partial charge in [-0.25, -0.2) is 4.98 Å². The Morgan fingerprint density at radius 1 is 1.07 bits per heavy atom. The number of carbonyl (C=O) groups is 1. The SMILES string of the molecule is O=C(NCc1cn(-c2ccc(-c3noc(C(F)(F)F)n3)cc2)cn1)c1ccccc1. The van der Waals surface area contributed by atoms with Crippen LogP contribution < -0.4 is 5.32 Å². The molecule has 0 radical (unpaired) electrons. The van der Waals surface area contributed by atoms with Crippen molar-refractivity contribution < 1.29 is 22.5 Å². The summed E-state index contributed by atoms with van der Waals surface area (Å²) in [6.07, 6.45) is -1.36. The van der Waals surface area contributed by atoms with Gasteiger partial charge in [0.25, 0.3) is 5.91 Å². The molecule has 2 aromatic carbocycles. The number of rotatable bonds is 5. The Morgan fingerprint density at radius 2 is 1.80 bits per heavy atom. The monoisotopic (exact) mass is 413 g/mol. The molecule has 0 atom stereocenters. The molecule has 0 saturated heterocycles. The van der Waals surface area contributed by atoms with Crippen LogP contribution in [0.3, 0.4) is 0 Å². The van der Waals surface area contributed by atoms with Crippen molar-refractivity contribution in [1.29, 1.82) is 0 Å². The summed E-state index contributed by atoms with van der Waals surface area (Å²) in [6.45, 7) is 0.252. The molecule has 152 valence electrons. The Labute approximate surface area is 168 Å². The summed E-state index contributed by atoms with van der Waals surface area (Å²) in [5.74, 6) is -1.74. The lowest BCUT2D eigenvalue weighted by Gasteiger charge is -2.04. The van der Waals surface area contributed by atoms with E-state index in [1.54, 1.807) is 65.6 Å². The van der Waals surface area contributed by atoms with Gasteiger partial charge in [0.05, 0.1) is 18.6 Å². The number of halogens is 3. The highest BCUT2D eigenvalue weighted by molar-refractivity contribution is 5.94. The van der Waals surface area contributed by atoms with E-state index in [-0.39, 0.29) is 18.3 Å². The second-order valence-electron chi connectivity index (χ2n) is 6.29. The summed E-state index contributed by atoms with van der Waals surface area (Å²) in [5, 5.41) is 6.15. The molecule has 0 fully saturated rings. The number of hydrogen-bond acceptors (Lipinski definition) is 5. The van der Waals surface area contributed by atoms with Crippen LogP contribution in [0.2, 0.25) is 0 Å². The van der Waals surface area contributed by atoms with E-state index < -0.39 is 12.1 Å². The average Bonchev–Trinajstić information content (AvgIpc) is 3.43. The number of alkyl halides is 3. The fourth-order valence-electron chi connectivity index (χ4n) is 2.70. The Bertz CT molecular complexity index is 1150. The molecule has 4 aromatic rings. The molecular formula is C20H14F3N5O2. The maximum Gasteiger partial charge on any atom is 0.471 e. The molecule has 4 rings (SSSR count). The zero-order chi connectivity index (χ0) is 21.1. The maximum absolute atomic E-state index is 12.6. The molecule has 7 nitrogen and oxygen atoms in total. The topological polar surface area (TPSA) is 85.8 Å². The zero-order valence-electron chi connectivity index (χ0n) is 15.3. The van der Waals surface area contributed by atoms with Crippen LogP contribution in [-0.4, -0.2) is 25.6 Å². The fourth-order valence-corrected chi connectivity index (χ4v) is 2.70. The predicted molar refractivity (Wildman–Crippen MR) is 99.5 cm³/mol. The molecule has 2 aromatic heterocycles. The second-order valence-corrected chi connectivity index (χ2v) is 6.29. The molecule has 30 heavy (non-hydrogen) atoms. The van der Waals surface area contributed by atoms with Gasteiger partial charge in [0.2, 0.25) is 5.82 Å². The quantitative estimate of drug-likeness (QED) is 0.537. The first-order valence-corrected chi connectivity index (χ1v) is 8.78. The van der Waals surface area contributed by atoms with E-state index in [0.29, 0.717) is 16.8 Å². The molecule has 1 N–H and O–H groups in total. The molecule has 0 unspecified atom stereocenters. The van der Waals surface area contributed by atoms with Gasteiger partial charge in [-0.3, -0.25) is 4.79 Å². The number of benzene rings is 2. The normalized spacial score (nSPS) is 11.4. The highest BCUT2D eigenvalue weighted by atomic mass is 19.4. The molecule has 0 bridgehead atoms. The molecule has 10 heteroatoms. The van der Waals surface area contributed by atoms with Gasteiger partial charge in [-0.2, -0.15) is 18.2 Å². The minimum absolute atomic E-state index is 0.149. The summed E-state index contributed by atoms with van der Waals surface area (Å²) in [5.41, 5.74) is 2.32. The first-order chi connectivity index (χ1) is 14.4. The van der Waals surface area contributed by atoms with E-state index >= 15 is 0 Å². The summed E-state index contributed by atoms with van der Waals surface area (Å²) >= 11 is 0. The number of aromatic nitrogens is 4. The van der Waals surface area contributed by atoms with E-state index in [0.717, 1.165) is 5.69 Å². The average molecular weight is 413 g/mol. The predicted octanol–water partition coefficient (Wildman–Crippen LogP) is 3.87. The van der Waals surface area contributed by atoms with Gasteiger partial charge >= 0.3 is 12.1 Å². The van der Waals surface area contributed by atoms with Gasteiger partial charge in [-0.15, -0.1) is 0 Å². The minimum atomic E-state index is -4.69. The molecule has 0 aliphatic heterocycles. The number of nitrogens with one attached hydrogen (secondary N) is 1. The summed E-state index contributed by atoms with van der Waals surface area (Å²) in [7, 11) is 0. The van der Waals surface area contributed by atoms with Crippen LogP contribution in [0.15, 0.2) is 71.6 Å². The van der Waals surface area contributed by atoms with E-state index in [1.165, 1.54) is 0 Å². The van der Waals surface area contributed by atoms with Gasteiger partial charge in [-0.1, -0.05) is 23.4 Å². The highest BCUT2D eigenvalue weighted by Crippen LogP contribution is 2.29. The third-order valence-corrected chi connectivity index (χ3v) is 4.19. The van der Waals surface area contributed by atoms with Crippen LogP contribution in [0.1, 0.15) is 21.9 Å². The zero-order valence-corrected chi connectivity index (χ0v) is 15.3. The number of hydrogen-bond donors (Lipinski definition) is 1.